The highest BCUT2D eigenvalue weighted by Crippen LogP contribution is 2.38. The molecule has 0 aromatic heterocycles. The second-order valence-electron chi connectivity index (χ2n) is 5.34. The van der Waals surface area contributed by atoms with E-state index in [9.17, 15) is 21.6 Å². The van der Waals surface area contributed by atoms with Crippen LogP contribution in [-0.2, 0) is 9.84 Å². The summed E-state index contributed by atoms with van der Waals surface area (Å²) in [5.41, 5.74) is -5.62. The lowest BCUT2D eigenvalue weighted by molar-refractivity contribution is -0.0435. The molecule has 1 aliphatic rings. The standard InChI is InChI=1S/C13H16F3NO2S/c1-12(8-4-5-9-12)17-10-6-2-3-7-11(10)20(18,19)13(14,15)16/h2-3,6-7,17H,4-5,8-9H2,1H3. The summed E-state index contributed by atoms with van der Waals surface area (Å²) in [6.07, 6.45) is 3.59. The van der Waals surface area contributed by atoms with E-state index in [0.29, 0.717) is 0 Å². The number of rotatable bonds is 3. The number of hydrogen-bond donors (Lipinski definition) is 1. The van der Waals surface area contributed by atoms with Crippen molar-refractivity contribution in [3.8, 4) is 0 Å². The van der Waals surface area contributed by atoms with Gasteiger partial charge in [-0.1, -0.05) is 25.0 Å². The quantitative estimate of drug-likeness (QED) is 0.925. The van der Waals surface area contributed by atoms with Crippen molar-refractivity contribution < 1.29 is 21.6 Å². The van der Waals surface area contributed by atoms with E-state index in [1.807, 2.05) is 6.92 Å². The number of anilines is 1. The third-order valence-corrected chi connectivity index (χ3v) is 5.17. The number of nitrogens with one attached hydrogen (secondary N) is 1. The van der Waals surface area contributed by atoms with Crippen LogP contribution in [0.25, 0.3) is 0 Å². The number of para-hydroxylation sites is 1. The molecule has 0 radical (unpaired) electrons. The van der Waals surface area contributed by atoms with E-state index in [2.05, 4.69) is 5.32 Å². The third kappa shape index (κ3) is 2.77. The van der Waals surface area contributed by atoms with E-state index in [4.69, 9.17) is 0 Å². The van der Waals surface area contributed by atoms with Gasteiger partial charge < -0.3 is 5.32 Å². The van der Waals surface area contributed by atoms with Gasteiger partial charge in [-0.05, 0) is 31.9 Å². The second kappa shape index (κ2) is 4.95. The average Bonchev–Trinajstić information content (AvgIpc) is 2.75. The molecule has 0 unspecified atom stereocenters. The van der Waals surface area contributed by atoms with E-state index in [0.717, 1.165) is 31.7 Å². The Hall–Kier alpha value is -1.24. The van der Waals surface area contributed by atoms with E-state index in [1.54, 1.807) is 0 Å². The van der Waals surface area contributed by atoms with Gasteiger partial charge in [0.15, 0.2) is 0 Å². The molecule has 1 saturated carbocycles. The Morgan fingerprint density at radius 3 is 2.25 bits per heavy atom. The molecule has 112 valence electrons. The third-order valence-electron chi connectivity index (χ3n) is 3.62. The first-order valence-electron chi connectivity index (χ1n) is 6.34. The van der Waals surface area contributed by atoms with Gasteiger partial charge in [0.05, 0.1) is 10.6 Å². The number of hydrogen-bond acceptors (Lipinski definition) is 3. The van der Waals surface area contributed by atoms with Crippen molar-refractivity contribution in [3.63, 3.8) is 0 Å². The predicted octanol–water partition coefficient (Wildman–Crippen LogP) is 3.72. The molecule has 1 N–H and O–H groups in total. The van der Waals surface area contributed by atoms with Gasteiger partial charge in [0.1, 0.15) is 0 Å². The van der Waals surface area contributed by atoms with Gasteiger partial charge in [-0.15, -0.1) is 0 Å². The van der Waals surface area contributed by atoms with Gasteiger partial charge in [0.2, 0.25) is 0 Å². The summed E-state index contributed by atoms with van der Waals surface area (Å²) >= 11 is 0. The summed E-state index contributed by atoms with van der Waals surface area (Å²) in [5, 5.41) is 2.98. The molecule has 2 rings (SSSR count). The van der Waals surface area contributed by atoms with Gasteiger partial charge >= 0.3 is 5.51 Å². The van der Waals surface area contributed by atoms with Crippen molar-refractivity contribution in [1.82, 2.24) is 0 Å². The first-order valence-corrected chi connectivity index (χ1v) is 7.83. The molecule has 1 aromatic carbocycles. The monoisotopic (exact) mass is 307 g/mol. The summed E-state index contributed by atoms with van der Waals surface area (Å²) in [6, 6.07) is 5.18. The summed E-state index contributed by atoms with van der Waals surface area (Å²) in [4.78, 5) is -0.708. The zero-order chi connectivity index (χ0) is 15.0. The molecule has 0 saturated heterocycles. The highest BCUT2D eigenvalue weighted by atomic mass is 32.2. The molecule has 0 heterocycles. The lowest BCUT2D eigenvalue weighted by atomic mass is 10.0. The highest BCUT2D eigenvalue weighted by Gasteiger charge is 2.48. The maximum absolute atomic E-state index is 12.7. The average molecular weight is 307 g/mol. The molecule has 1 aromatic rings. The van der Waals surface area contributed by atoms with Crippen LogP contribution in [0.1, 0.15) is 32.6 Å². The van der Waals surface area contributed by atoms with Crippen LogP contribution in [0.2, 0.25) is 0 Å². The molecule has 1 fully saturated rings. The lowest BCUT2D eigenvalue weighted by Crippen LogP contribution is -2.32. The molecule has 0 bridgehead atoms. The van der Waals surface area contributed by atoms with Gasteiger partial charge in [-0.3, -0.25) is 0 Å². The molecular weight excluding hydrogens is 291 g/mol. The minimum absolute atomic E-state index is 0.0224. The Labute approximate surface area is 116 Å². The van der Waals surface area contributed by atoms with Crippen molar-refractivity contribution in [3.05, 3.63) is 24.3 Å². The summed E-state index contributed by atoms with van der Waals surface area (Å²) in [5.74, 6) is 0. The number of alkyl halides is 3. The fourth-order valence-electron chi connectivity index (χ4n) is 2.53. The fraction of sp³-hybridized carbons (Fsp3) is 0.538. The predicted molar refractivity (Wildman–Crippen MR) is 70.2 cm³/mol. The summed E-state index contributed by atoms with van der Waals surface area (Å²) in [7, 11) is -5.34. The Balaban J connectivity index is 2.42. The van der Waals surface area contributed by atoms with Crippen molar-refractivity contribution in [2.75, 3.05) is 5.32 Å². The van der Waals surface area contributed by atoms with Crippen molar-refractivity contribution >= 4 is 15.5 Å². The smallest absolute Gasteiger partial charge is 0.379 e. The van der Waals surface area contributed by atoms with Crippen LogP contribution in [0.5, 0.6) is 0 Å². The molecule has 0 spiro atoms. The van der Waals surface area contributed by atoms with Crippen LogP contribution in [-0.4, -0.2) is 19.5 Å². The number of halogens is 3. The molecule has 0 aliphatic heterocycles. The minimum Gasteiger partial charge on any atom is -0.379 e. The molecule has 20 heavy (non-hydrogen) atoms. The Morgan fingerprint density at radius 1 is 1.15 bits per heavy atom. The maximum atomic E-state index is 12.7. The topological polar surface area (TPSA) is 46.2 Å². The first kappa shape index (κ1) is 15.2. The van der Waals surface area contributed by atoms with Crippen molar-refractivity contribution in [2.45, 2.75) is 48.5 Å². The fourth-order valence-corrected chi connectivity index (χ4v) is 3.45. The molecule has 1 aliphatic carbocycles. The van der Waals surface area contributed by atoms with Gasteiger partial charge in [0.25, 0.3) is 9.84 Å². The van der Waals surface area contributed by atoms with Crippen LogP contribution in [0.4, 0.5) is 18.9 Å². The molecule has 3 nitrogen and oxygen atoms in total. The Kier molecular flexibility index (Phi) is 3.75. The van der Waals surface area contributed by atoms with Gasteiger partial charge in [-0.25, -0.2) is 8.42 Å². The van der Waals surface area contributed by atoms with E-state index < -0.39 is 20.2 Å². The Morgan fingerprint density at radius 2 is 1.70 bits per heavy atom. The van der Waals surface area contributed by atoms with Gasteiger partial charge in [0, 0.05) is 5.54 Å². The first-order chi connectivity index (χ1) is 9.16. The summed E-state index contributed by atoms with van der Waals surface area (Å²) < 4.78 is 61.3. The largest absolute Gasteiger partial charge is 0.501 e. The number of benzene rings is 1. The lowest BCUT2D eigenvalue weighted by Gasteiger charge is -2.28. The maximum Gasteiger partial charge on any atom is 0.501 e. The normalized spacial score (nSPS) is 19.0. The van der Waals surface area contributed by atoms with Crippen LogP contribution in [0.3, 0.4) is 0 Å². The van der Waals surface area contributed by atoms with Crippen LogP contribution < -0.4 is 5.32 Å². The molecule has 0 amide bonds. The minimum atomic E-state index is -5.34. The van der Waals surface area contributed by atoms with E-state index >= 15 is 0 Å². The van der Waals surface area contributed by atoms with Gasteiger partial charge in [-0.2, -0.15) is 13.2 Å². The van der Waals surface area contributed by atoms with Crippen LogP contribution in [0, 0.1) is 0 Å². The van der Waals surface area contributed by atoms with E-state index in [1.165, 1.54) is 18.2 Å². The van der Waals surface area contributed by atoms with Crippen LogP contribution >= 0.6 is 0 Å². The molecular formula is C13H16F3NO2S. The number of sulfone groups is 1. The highest BCUT2D eigenvalue weighted by molar-refractivity contribution is 7.92. The molecule has 7 heteroatoms. The van der Waals surface area contributed by atoms with E-state index in [-0.39, 0.29) is 11.2 Å². The van der Waals surface area contributed by atoms with Crippen LogP contribution in [0.15, 0.2) is 29.2 Å². The Bertz CT molecular complexity index is 590. The van der Waals surface area contributed by atoms with Crippen molar-refractivity contribution in [1.29, 1.82) is 0 Å². The molecule has 0 atom stereocenters. The zero-order valence-electron chi connectivity index (χ0n) is 11.0. The SMILES string of the molecule is CC1(Nc2ccccc2S(=O)(=O)C(F)(F)F)CCCC1. The summed E-state index contributed by atoms with van der Waals surface area (Å²) in [6.45, 7) is 1.90. The second-order valence-corrected chi connectivity index (χ2v) is 7.25. The van der Waals surface area contributed by atoms with Crippen molar-refractivity contribution in [2.24, 2.45) is 0 Å². The zero-order valence-corrected chi connectivity index (χ0v) is 11.8.